The molecule has 0 atom stereocenters. The third-order valence-electron chi connectivity index (χ3n) is 4.57. The number of esters is 1. The minimum atomic E-state index is -0.725. The summed E-state index contributed by atoms with van der Waals surface area (Å²) in [6.07, 6.45) is 1.93. The Hall–Kier alpha value is -4.05. The molecule has 0 radical (unpaired) electrons. The van der Waals surface area contributed by atoms with E-state index in [1.807, 2.05) is 24.5 Å². The van der Waals surface area contributed by atoms with Gasteiger partial charge in [0.1, 0.15) is 5.82 Å². The molecule has 0 aliphatic rings. The van der Waals surface area contributed by atoms with Crippen molar-refractivity contribution in [2.45, 2.75) is 4.90 Å². The molecule has 0 spiro atoms. The third kappa shape index (κ3) is 7.75. The zero-order valence-corrected chi connectivity index (χ0v) is 19.8. The highest BCUT2D eigenvalue weighted by molar-refractivity contribution is 7.98. The maximum atomic E-state index is 13.0. The Morgan fingerprint density at radius 3 is 2.29 bits per heavy atom. The molecule has 35 heavy (non-hydrogen) atoms. The quantitative estimate of drug-likeness (QED) is 0.316. The minimum absolute atomic E-state index is 0.141. The number of anilines is 2. The maximum Gasteiger partial charge on any atom is 0.338 e. The molecule has 0 bridgehead atoms. The first-order valence-corrected chi connectivity index (χ1v) is 11.6. The van der Waals surface area contributed by atoms with E-state index in [0.717, 1.165) is 4.90 Å². The lowest BCUT2D eigenvalue weighted by Gasteiger charge is -2.12. The molecule has 3 aromatic rings. The van der Waals surface area contributed by atoms with Crippen molar-refractivity contribution in [1.29, 1.82) is 0 Å². The fourth-order valence-corrected chi connectivity index (χ4v) is 3.36. The average Bonchev–Trinajstić information content (AvgIpc) is 2.87. The second kappa shape index (κ2) is 12.4. The van der Waals surface area contributed by atoms with Gasteiger partial charge in [-0.2, -0.15) is 0 Å². The Balaban J connectivity index is 1.52. The van der Waals surface area contributed by atoms with Crippen LogP contribution in [0.3, 0.4) is 0 Å². The highest BCUT2D eigenvalue weighted by Gasteiger charge is 2.15. The molecule has 0 fully saturated rings. The third-order valence-corrected chi connectivity index (χ3v) is 5.30. The molecule has 0 unspecified atom stereocenters. The van der Waals surface area contributed by atoms with E-state index in [-0.39, 0.29) is 23.7 Å². The van der Waals surface area contributed by atoms with E-state index in [9.17, 15) is 18.8 Å². The summed E-state index contributed by atoms with van der Waals surface area (Å²) in [7, 11) is 1.38. The van der Waals surface area contributed by atoms with Crippen molar-refractivity contribution in [3.8, 4) is 11.5 Å². The Bertz CT molecular complexity index is 1200. The van der Waals surface area contributed by atoms with Crippen LogP contribution in [0.15, 0.2) is 71.6 Å². The van der Waals surface area contributed by atoms with Crippen molar-refractivity contribution in [1.82, 2.24) is 0 Å². The lowest BCUT2D eigenvalue weighted by atomic mass is 10.2. The SMILES string of the molecule is COc1cc(C(=O)OCC(=O)Nc2cccc(SC)c2)ccc1OCC(=O)Nc1ccc(F)cc1. The van der Waals surface area contributed by atoms with E-state index in [2.05, 4.69) is 10.6 Å². The molecule has 2 N–H and O–H groups in total. The molecule has 3 rings (SSSR count). The van der Waals surface area contributed by atoms with Crippen LogP contribution in [0.5, 0.6) is 11.5 Å². The first-order valence-electron chi connectivity index (χ1n) is 10.3. The average molecular weight is 499 g/mol. The molecule has 0 saturated heterocycles. The fourth-order valence-electron chi connectivity index (χ4n) is 2.90. The number of methoxy groups -OCH3 is 1. The topological polar surface area (TPSA) is 103 Å². The van der Waals surface area contributed by atoms with Crippen LogP contribution in [-0.2, 0) is 14.3 Å². The number of benzene rings is 3. The van der Waals surface area contributed by atoms with Crippen LogP contribution in [0.4, 0.5) is 15.8 Å². The number of halogens is 1. The lowest BCUT2D eigenvalue weighted by Crippen LogP contribution is -2.21. The minimum Gasteiger partial charge on any atom is -0.493 e. The summed E-state index contributed by atoms with van der Waals surface area (Å²) in [5, 5.41) is 5.24. The smallest absolute Gasteiger partial charge is 0.338 e. The zero-order valence-electron chi connectivity index (χ0n) is 19.0. The molecule has 8 nitrogen and oxygen atoms in total. The van der Waals surface area contributed by atoms with E-state index < -0.39 is 30.2 Å². The predicted molar refractivity (Wildman–Crippen MR) is 131 cm³/mol. The van der Waals surface area contributed by atoms with Crippen LogP contribution in [0.1, 0.15) is 10.4 Å². The van der Waals surface area contributed by atoms with Gasteiger partial charge in [-0.15, -0.1) is 11.8 Å². The normalized spacial score (nSPS) is 10.3. The van der Waals surface area contributed by atoms with E-state index >= 15 is 0 Å². The molecule has 0 heterocycles. The zero-order chi connectivity index (χ0) is 25.2. The molecule has 0 saturated carbocycles. The van der Waals surface area contributed by atoms with Gasteiger partial charge < -0.3 is 24.8 Å². The summed E-state index contributed by atoms with van der Waals surface area (Å²) in [6, 6.07) is 16.9. The van der Waals surface area contributed by atoms with Crippen LogP contribution in [0.25, 0.3) is 0 Å². The van der Waals surface area contributed by atoms with Gasteiger partial charge in [-0.25, -0.2) is 9.18 Å². The van der Waals surface area contributed by atoms with Crippen LogP contribution < -0.4 is 20.1 Å². The van der Waals surface area contributed by atoms with E-state index in [1.54, 1.807) is 17.8 Å². The second-order valence-corrected chi connectivity index (χ2v) is 7.95. The monoisotopic (exact) mass is 498 g/mol. The molecule has 0 aliphatic carbocycles. The van der Waals surface area contributed by atoms with Crippen LogP contribution in [-0.4, -0.2) is 44.4 Å². The van der Waals surface area contributed by atoms with Crippen molar-refractivity contribution in [3.05, 3.63) is 78.1 Å². The van der Waals surface area contributed by atoms with Crippen molar-refractivity contribution in [2.75, 3.05) is 37.2 Å². The van der Waals surface area contributed by atoms with Gasteiger partial charge in [-0.05, 0) is 66.9 Å². The standard InChI is InChI=1S/C25H23FN2O6S/c1-32-22-12-16(25(31)34-15-24(30)28-19-4-3-5-20(13-19)35-2)6-11-21(22)33-14-23(29)27-18-9-7-17(26)8-10-18/h3-13H,14-15H2,1-2H3,(H,27,29)(H,28,30). The summed E-state index contributed by atoms with van der Waals surface area (Å²) >= 11 is 1.54. The lowest BCUT2D eigenvalue weighted by molar-refractivity contribution is -0.119. The van der Waals surface area contributed by atoms with Gasteiger partial charge in [0, 0.05) is 16.3 Å². The number of carbonyl (C=O) groups excluding carboxylic acids is 3. The molecule has 10 heteroatoms. The Labute approximate surface area is 205 Å². The van der Waals surface area contributed by atoms with Crippen molar-refractivity contribution >= 4 is 40.9 Å². The molecule has 0 aliphatic heterocycles. The van der Waals surface area contributed by atoms with Gasteiger partial charge >= 0.3 is 5.97 Å². The summed E-state index contributed by atoms with van der Waals surface area (Å²) in [5.74, 6) is -1.65. The largest absolute Gasteiger partial charge is 0.493 e. The number of hydrogen-bond acceptors (Lipinski definition) is 7. The van der Waals surface area contributed by atoms with E-state index in [4.69, 9.17) is 14.2 Å². The number of amides is 2. The number of hydrogen-bond donors (Lipinski definition) is 2. The van der Waals surface area contributed by atoms with Crippen LogP contribution in [0.2, 0.25) is 0 Å². The molecule has 2 amide bonds. The predicted octanol–water partition coefficient (Wildman–Crippen LogP) is 4.37. The summed E-state index contributed by atoms with van der Waals surface area (Å²) < 4.78 is 28.8. The van der Waals surface area contributed by atoms with Gasteiger partial charge in [0.15, 0.2) is 24.7 Å². The Kier molecular flexibility index (Phi) is 9.08. The van der Waals surface area contributed by atoms with E-state index in [0.29, 0.717) is 11.4 Å². The Morgan fingerprint density at radius 1 is 0.857 bits per heavy atom. The second-order valence-electron chi connectivity index (χ2n) is 7.07. The van der Waals surface area contributed by atoms with Gasteiger partial charge in [0.2, 0.25) is 0 Å². The number of ether oxygens (including phenoxy) is 3. The fraction of sp³-hybridized carbons (Fsp3) is 0.160. The van der Waals surface area contributed by atoms with Crippen molar-refractivity contribution in [3.63, 3.8) is 0 Å². The molecule has 3 aromatic carbocycles. The molecular weight excluding hydrogens is 475 g/mol. The number of nitrogens with one attached hydrogen (secondary N) is 2. The van der Waals surface area contributed by atoms with Gasteiger partial charge in [0.25, 0.3) is 11.8 Å². The number of rotatable bonds is 10. The van der Waals surface area contributed by atoms with Crippen molar-refractivity contribution < 1.29 is 33.0 Å². The highest BCUT2D eigenvalue weighted by atomic mass is 32.2. The van der Waals surface area contributed by atoms with E-state index in [1.165, 1.54) is 49.6 Å². The molecule has 182 valence electrons. The highest BCUT2D eigenvalue weighted by Crippen LogP contribution is 2.28. The van der Waals surface area contributed by atoms with Crippen LogP contribution >= 0.6 is 11.8 Å². The first kappa shape index (κ1) is 25.6. The van der Waals surface area contributed by atoms with Gasteiger partial charge in [-0.1, -0.05) is 6.07 Å². The van der Waals surface area contributed by atoms with Gasteiger partial charge in [0.05, 0.1) is 12.7 Å². The van der Waals surface area contributed by atoms with Crippen LogP contribution in [0, 0.1) is 5.82 Å². The first-order chi connectivity index (χ1) is 16.9. The maximum absolute atomic E-state index is 13.0. The molecule has 0 aromatic heterocycles. The molecular formula is C25H23FN2O6S. The summed E-state index contributed by atoms with van der Waals surface area (Å²) in [6.45, 7) is -0.804. The Morgan fingerprint density at radius 2 is 1.57 bits per heavy atom. The summed E-state index contributed by atoms with van der Waals surface area (Å²) in [5.41, 5.74) is 1.16. The summed E-state index contributed by atoms with van der Waals surface area (Å²) in [4.78, 5) is 37.6. The van der Waals surface area contributed by atoms with Gasteiger partial charge in [-0.3, -0.25) is 9.59 Å². The number of carbonyl (C=O) groups is 3. The number of thioether (sulfide) groups is 1. The van der Waals surface area contributed by atoms with Crippen molar-refractivity contribution in [2.24, 2.45) is 0 Å².